The van der Waals surface area contributed by atoms with Gasteiger partial charge in [0.15, 0.2) is 0 Å². The van der Waals surface area contributed by atoms with Gasteiger partial charge in [-0.3, -0.25) is 9.78 Å². The molecule has 1 N–H and O–H groups in total. The smallest absolute Gasteiger partial charge is 0.410 e. The number of amides is 2. The first-order valence-electron chi connectivity index (χ1n) is 9.40. The zero-order valence-corrected chi connectivity index (χ0v) is 17.8. The Kier molecular flexibility index (Phi) is 7.64. The number of piperidine rings is 1. The second kappa shape index (κ2) is 10.4. The van der Waals surface area contributed by atoms with Crippen molar-refractivity contribution in [2.24, 2.45) is 5.92 Å². The molecule has 1 saturated heterocycles. The Balaban J connectivity index is 1.39. The van der Waals surface area contributed by atoms with E-state index in [0.717, 1.165) is 28.5 Å². The van der Waals surface area contributed by atoms with Gasteiger partial charge in [0, 0.05) is 35.8 Å². The minimum Gasteiger partial charge on any atom is -0.445 e. The van der Waals surface area contributed by atoms with Crippen LogP contribution in [-0.4, -0.2) is 41.5 Å². The monoisotopic (exact) mass is 493 g/mol. The van der Waals surface area contributed by atoms with E-state index < -0.39 is 0 Å². The average molecular weight is 493 g/mol. The molecule has 0 radical (unpaired) electrons. The summed E-state index contributed by atoms with van der Waals surface area (Å²) in [6, 6.07) is 13.2. The third kappa shape index (κ3) is 5.92. The van der Waals surface area contributed by atoms with Crippen molar-refractivity contribution in [3.63, 3.8) is 0 Å². The van der Waals surface area contributed by atoms with Crippen LogP contribution in [0.4, 0.5) is 4.79 Å². The number of benzene rings is 1. The number of aromatic nitrogens is 1. The number of hydrogen-bond acceptors (Lipinski definition) is 4. The number of alkyl halides is 1. The summed E-state index contributed by atoms with van der Waals surface area (Å²) in [5.74, 6) is 0.297. The molecular formula is C21H24IN3O3. The number of likely N-dealkylation sites (tertiary alicyclic amines) is 1. The van der Waals surface area contributed by atoms with Crippen molar-refractivity contribution in [3.05, 3.63) is 65.5 Å². The summed E-state index contributed by atoms with van der Waals surface area (Å²) >= 11 is 2.23. The summed E-state index contributed by atoms with van der Waals surface area (Å²) in [6.07, 6.45) is 3.11. The molecule has 0 saturated carbocycles. The molecule has 0 atom stereocenters. The van der Waals surface area contributed by atoms with Gasteiger partial charge in [0.1, 0.15) is 6.61 Å². The predicted octanol–water partition coefficient (Wildman–Crippen LogP) is 3.80. The summed E-state index contributed by atoms with van der Waals surface area (Å²) in [5, 5.41) is 3.01. The Bertz CT molecular complexity index is 792. The van der Waals surface area contributed by atoms with Crippen LogP contribution in [0.15, 0.2) is 48.7 Å². The Morgan fingerprint density at radius 2 is 1.93 bits per heavy atom. The van der Waals surface area contributed by atoms with E-state index in [-0.39, 0.29) is 12.0 Å². The highest BCUT2D eigenvalue weighted by atomic mass is 127. The molecule has 28 heavy (non-hydrogen) atoms. The van der Waals surface area contributed by atoms with E-state index in [4.69, 9.17) is 4.74 Å². The largest absolute Gasteiger partial charge is 0.445 e. The zero-order chi connectivity index (χ0) is 19.8. The van der Waals surface area contributed by atoms with Gasteiger partial charge in [-0.15, -0.1) is 0 Å². The Morgan fingerprint density at radius 3 is 2.64 bits per heavy atom. The molecule has 1 aromatic heterocycles. The Labute approximate surface area is 178 Å². The van der Waals surface area contributed by atoms with E-state index in [0.29, 0.717) is 37.7 Å². The molecule has 7 heteroatoms. The molecule has 1 aliphatic rings. The molecular weight excluding hydrogens is 469 g/mol. The quantitative estimate of drug-likeness (QED) is 0.491. The van der Waals surface area contributed by atoms with Crippen molar-refractivity contribution in [2.45, 2.75) is 23.9 Å². The lowest BCUT2D eigenvalue weighted by Gasteiger charge is -2.31. The van der Waals surface area contributed by atoms with Crippen LogP contribution in [-0.2, 0) is 15.8 Å². The predicted molar refractivity (Wildman–Crippen MR) is 115 cm³/mol. The van der Waals surface area contributed by atoms with E-state index in [1.54, 1.807) is 17.2 Å². The van der Waals surface area contributed by atoms with Gasteiger partial charge in [-0.05, 0) is 36.5 Å². The lowest BCUT2D eigenvalue weighted by Crippen LogP contribution is -2.41. The first-order valence-corrected chi connectivity index (χ1v) is 10.9. The minimum atomic E-state index is -0.269. The lowest BCUT2D eigenvalue weighted by molar-refractivity contribution is 0.0800. The molecule has 1 aliphatic heterocycles. The standard InChI is InChI=1S/C21H24IN3O3/c22-13-19-12-18(6-9-23-19)20(26)24-14-16-7-10-25(11-8-16)21(27)28-15-17-4-2-1-3-5-17/h1-6,9,12,16H,7-8,10-11,13-15H2,(H,24,26). The minimum absolute atomic E-state index is 0.0711. The van der Waals surface area contributed by atoms with Crippen molar-refractivity contribution in [1.29, 1.82) is 0 Å². The maximum Gasteiger partial charge on any atom is 0.410 e. The summed E-state index contributed by atoms with van der Waals surface area (Å²) in [6.45, 7) is 2.22. The highest BCUT2D eigenvalue weighted by Gasteiger charge is 2.24. The number of pyridine rings is 1. The van der Waals surface area contributed by atoms with Gasteiger partial charge in [0.2, 0.25) is 0 Å². The number of carbonyl (C=O) groups is 2. The summed E-state index contributed by atoms with van der Waals surface area (Å²) in [5.41, 5.74) is 2.52. The van der Waals surface area contributed by atoms with Crippen LogP contribution in [0.1, 0.15) is 34.5 Å². The maximum atomic E-state index is 12.3. The van der Waals surface area contributed by atoms with Gasteiger partial charge >= 0.3 is 6.09 Å². The van der Waals surface area contributed by atoms with Gasteiger partial charge in [-0.2, -0.15) is 0 Å². The fourth-order valence-corrected chi connectivity index (χ4v) is 3.58. The van der Waals surface area contributed by atoms with Crippen LogP contribution in [0.2, 0.25) is 0 Å². The van der Waals surface area contributed by atoms with Gasteiger partial charge < -0.3 is 15.0 Å². The number of carbonyl (C=O) groups excluding carboxylic acids is 2. The van der Waals surface area contributed by atoms with Crippen molar-refractivity contribution in [1.82, 2.24) is 15.2 Å². The molecule has 2 amide bonds. The maximum absolute atomic E-state index is 12.3. The molecule has 2 aromatic rings. The number of nitrogens with zero attached hydrogens (tertiary/aromatic N) is 2. The molecule has 2 heterocycles. The second-order valence-electron chi connectivity index (χ2n) is 6.85. The zero-order valence-electron chi connectivity index (χ0n) is 15.6. The first-order chi connectivity index (χ1) is 13.7. The SMILES string of the molecule is O=C(NCC1CCN(C(=O)OCc2ccccc2)CC1)c1ccnc(CI)c1. The molecule has 0 unspecified atom stereocenters. The number of hydrogen-bond donors (Lipinski definition) is 1. The number of rotatable bonds is 6. The van der Waals surface area contributed by atoms with E-state index in [9.17, 15) is 9.59 Å². The van der Waals surface area contributed by atoms with E-state index >= 15 is 0 Å². The van der Waals surface area contributed by atoms with E-state index in [2.05, 4.69) is 32.9 Å². The van der Waals surface area contributed by atoms with Crippen molar-refractivity contribution < 1.29 is 14.3 Å². The molecule has 3 rings (SSSR count). The molecule has 6 nitrogen and oxygen atoms in total. The second-order valence-corrected chi connectivity index (χ2v) is 7.61. The normalized spacial score (nSPS) is 14.5. The third-order valence-corrected chi connectivity index (χ3v) is 5.63. The van der Waals surface area contributed by atoms with Crippen molar-refractivity contribution in [2.75, 3.05) is 19.6 Å². The van der Waals surface area contributed by atoms with Crippen LogP contribution in [0.5, 0.6) is 0 Å². The summed E-state index contributed by atoms with van der Waals surface area (Å²) in [4.78, 5) is 30.5. The molecule has 1 aromatic carbocycles. The highest BCUT2D eigenvalue weighted by molar-refractivity contribution is 14.1. The van der Waals surface area contributed by atoms with Crippen LogP contribution in [0, 0.1) is 5.92 Å². The van der Waals surface area contributed by atoms with Crippen LogP contribution in [0.3, 0.4) is 0 Å². The number of nitrogens with one attached hydrogen (secondary N) is 1. The summed E-state index contributed by atoms with van der Waals surface area (Å²) in [7, 11) is 0. The first kappa shape index (κ1) is 20.6. The molecule has 1 fully saturated rings. The Morgan fingerprint density at radius 1 is 1.18 bits per heavy atom. The molecule has 148 valence electrons. The fraction of sp³-hybridized carbons (Fsp3) is 0.381. The highest BCUT2D eigenvalue weighted by Crippen LogP contribution is 2.18. The number of halogens is 1. The molecule has 0 aliphatic carbocycles. The third-order valence-electron chi connectivity index (χ3n) is 4.84. The number of ether oxygens (including phenoxy) is 1. The van der Waals surface area contributed by atoms with Crippen LogP contribution < -0.4 is 5.32 Å². The topological polar surface area (TPSA) is 71.5 Å². The van der Waals surface area contributed by atoms with Crippen molar-refractivity contribution >= 4 is 34.6 Å². The van der Waals surface area contributed by atoms with Crippen LogP contribution >= 0.6 is 22.6 Å². The lowest BCUT2D eigenvalue weighted by atomic mass is 9.97. The Hall–Kier alpha value is -2.16. The van der Waals surface area contributed by atoms with Crippen molar-refractivity contribution in [3.8, 4) is 0 Å². The van der Waals surface area contributed by atoms with Gasteiger partial charge in [-0.25, -0.2) is 4.79 Å². The van der Waals surface area contributed by atoms with Gasteiger partial charge in [0.25, 0.3) is 5.91 Å². The summed E-state index contributed by atoms with van der Waals surface area (Å²) < 4.78 is 6.17. The van der Waals surface area contributed by atoms with Gasteiger partial charge in [-0.1, -0.05) is 52.9 Å². The molecule has 0 bridgehead atoms. The van der Waals surface area contributed by atoms with E-state index in [1.165, 1.54) is 0 Å². The average Bonchev–Trinajstić information content (AvgIpc) is 2.77. The van der Waals surface area contributed by atoms with E-state index in [1.807, 2.05) is 36.4 Å². The molecule has 0 spiro atoms. The van der Waals surface area contributed by atoms with Gasteiger partial charge in [0.05, 0.1) is 5.69 Å². The fourth-order valence-electron chi connectivity index (χ4n) is 3.16. The van der Waals surface area contributed by atoms with Crippen LogP contribution in [0.25, 0.3) is 0 Å².